The Morgan fingerprint density at radius 2 is 2.15 bits per heavy atom. The van der Waals surface area contributed by atoms with E-state index in [4.69, 9.17) is 5.21 Å². The van der Waals surface area contributed by atoms with E-state index in [2.05, 4.69) is 0 Å². The van der Waals surface area contributed by atoms with Gasteiger partial charge in [-0.2, -0.15) is 0 Å². The first-order valence-electron chi connectivity index (χ1n) is 3.58. The van der Waals surface area contributed by atoms with Crippen molar-refractivity contribution in [3.8, 4) is 0 Å². The molecule has 1 rings (SSSR count). The van der Waals surface area contributed by atoms with Gasteiger partial charge in [-0.05, 0) is 18.4 Å². The van der Waals surface area contributed by atoms with Gasteiger partial charge in [0.05, 0.1) is 0 Å². The van der Waals surface area contributed by atoms with Gasteiger partial charge in [-0.15, -0.1) is 11.8 Å². The second-order valence-electron chi connectivity index (χ2n) is 2.42. The van der Waals surface area contributed by atoms with E-state index in [1.54, 1.807) is 11.7 Å². The van der Waals surface area contributed by atoms with Gasteiger partial charge < -0.3 is 5.21 Å². The Balaban J connectivity index is 3.11. The van der Waals surface area contributed by atoms with Crippen LogP contribution in [0.15, 0.2) is 17.0 Å². The number of hydrogen-bond donors (Lipinski definition) is 2. The third kappa shape index (κ3) is 2.40. The molecule has 0 spiro atoms. The molecule has 0 atom stereocenters. The molecule has 0 aliphatic carbocycles. The SMILES string of the molecule is CSc1cc(F)cc(CNO)c1F. The van der Waals surface area contributed by atoms with Crippen LogP contribution in [0.4, 0.5) is 8.78 Å². The van der Waals surface area contributed by atoms with E-state index in [0.717, 1.165) is 23.9 Å². The first kappa shape index (κ1) is 10.4. The summed E-state index contributed by atoms with van der Waals surface area (Å²) in [5.41, 5.74) is 1.90. The van der Waals surface area contributed by atoms with Gasteiger partial charge in [-0.25, -0.2) is 14.3 Å². The molecular weight excluding hydrogens is 196 g/mol. The Morgan fingerprint density at radius 1 is 1.46 bits per heavy atom. The van der Waals surface area contributed by atoms with Gasteiger partial charge in [-0.1, -0.05) is 0 Å². The van der Waals surface area contributed by atoms with Crippen LogP contribution in [0.3, 0.4) is 0 Å². The molecule has 0 aromatic heterocycles. The molecule has 0 radical (unpaired) electrons. The van der Waals surface area contributed by atoms with Gasteiger partial charge >= 0.3 is 0 Å². The van der Waals surface area contributed by atoms with Gasteiger partial charge in [0.1, 0.15) is 11.6 Å². The lowest BCUT2D eigenvalue weighted by molar-refractivity contribution is 0.159. The van der Waals surface area contributed by atoms with Crippen LogP contribution in [0.2, 0.25) is 0 Å². The minimum Gasteiger partial charge on any atom is -0.316 e. The maximum atomic E-state index is 13.3. The van der Waals surface area contributed by atoms with E-state index in [0.29, 0.717) is 0 Å². The van der Waals surface area contributed by atoms with E-state index >= 15 is 0 Å². The number of hydroxylamine groups is 1. The molecule has 0 heterocycles. The summed E-state index contributed by atoms with van der Waals surface area (Å²) < 4.78 is 26.1. The highest BCUT2D eigenvalue weighted by Gasteiger charge is 2.09. The molecule has 0 aliphatic rings. The van der Waals surface area contributed by atoms with Gasteiger partial charge in [0.15, 0.2) is 0 Å². The number of benzene rings is 1. The van der Waals surface area contributed by atoms with E-state index < -0.39 is 11.6 Å². The zero-order valence-electron chi connectivity index (χ0n) is 6.97. The quantitative estimate of drug-likeness (QED) is 0.586. The second kappa shape index (κ2) is 4.55. The molecule has 0 aliphatic heterocycles. The fourth-order valence-electron chi connectivity index (χ4n) is 0.981. The third-order valence-electron chi connectivity index (χ3n) is 1.57. The smallest absolute Gasteiger partial charge is 0.141 e. The van der Waals surface area contributed by atoms with Crippen LogP contribution in [0.25, 0.3) is 0 Å². The first-order valence-corrected chi connectivity index (χ1v) is 4.80. The van der Waals surface area contributed by atoms with E-state index in [1.807, 2.05) is 0 Å². The Bertz CT molecular complexity index is 306. The van der Waals surface area contributed by atoms with E-state index in [9.17, 15) is 8.78 Å². The summed E-state index contributed by atoms with van der Waals surface area (Å²) in [6, 6.07) is 2.18. The maximum absolute atomic E-state index is 13.3. The summed E-state index contributed by atoms with van der Waals surface area (Å²) in [5, 5.41) is 8.35. The molecule has 5 heteroatoms. The summed E-state index contributed by atoms with van der Waals surface area (Å²) >= 11 is 1.13. The van der Waals surface area contributed by atoms with Gasteiger partial charge in [0.2, 0.25) is 0 Å². The van der Waals surface area contributed by atoms with Gasteiger partial charge in [0.25, 0.3) is 0 Å². The summed E-state index contributed by atoms with van der Waals surface area (Å²) in [7, 11) is 0. The molecule has 0 saturated carbocycles. The van der Waals surface area contributed by atoms with Crippen molar-refractivity contribution >= 4 is 11.8 Å². The van der Waals surface area contributed by atoms with Crippen molar-refractivity contribution in [2.75, 3.05) is 6.26 Å². The van der Waals surface area contributed by atoms with Crippen molar-refractivity contribution < 1.29 is 14.0 Å². The lowest BCUT2D eigenvalue weighted by atomic mass is 10.2. The zero-order chi connectivity index (χ0) is 9.84. The Labute approximate surface area is 78.9 Å². The highest BCUT2D eigenvalue weighted by atomic mass is 32.2. The van der Waals surface area contributed by atoms with Crippen LogP contribution in [0, 0.1) is 11.6 Å². The van der Waals surface area contributed by atoms with Crippen LogP contribution in [-0.4, -0.2) is 11.5 Å². The largest absolute Gasteiger partial charge is 0.316 e. The van der Waals surface area contributed by atoms with E-state index in [-0.39, 0.29) is 17.0 Å². The highest BCUT2D eigenvalue weighted by molar-refractivity contribution is 7.98. The molecule has 72 valence electrons. The lowest BCUT2D eigenvalue weighted by Gasteiger charge is -2.05. The monoisotopic (exact) mass is 205 g/mol. The number of thioether (sulfide) groups is 1. The van der Waals surface area contributed by atoms with Gasteiger partial charge in [0, 0.05) is 17.0 Å². The predicted octanol–water partition coefficient (Wildman–Crippen LogP) is 2.17. The summed E-state index contributed by atoms with van der Waals surface area (Å²) in [6.07, 6.45) is 1.66. The molecule has 0 bridgehead atoms. The fourth-order valence-corrected chi connectivity index (χ4v) is 1.52. The molecule has 0 fully saturated rings. The van der Waals surface area contributed by atoms with Crippen LogP contribution >= 0.6 is 11.8 Å². The molecule has 2 nitrogen and oxygen atoms in total. The van der Waals surface area contributed by atoms with Crippen molar-refractivity contribution in [2.24, 2.45) is 0 Å². The summed E-state index contributed by atoms with van der Waals surface area (Å²) in [6.45, 7) is -0.100. The predicted molar refractivity (Wildman–Crippen MR) is 46.8 cm³/mol. The molecular formula is C8H9F2NOS. The number of nitrogens with one attached hydrogen (secondary N) is 1. The minimum absolute atomic E-state index is 0.100. The molecule has 13 heavy (non-hydrogen) atoms. The van der Waals surface area contributed by atoms with E-state index in [1.165, 1.54) is 0 Å². The standard InChI is InChI=1S/C8H9F2NOS/c1-13-7-3-6(9)2-5(4-11-12)8(7)10/h2-3,11-12H,4H2,1H3. The molecule has 0 amide bonds. The number of halogens is 2. The number of rotatable bonds is 3. The molecule has 1 aromatic rings. The topological polar surface area (TPSA) is 32.3 Å². The van der Waals surface area contributed by atoms with Crippen molar-refractivity contribution in [3.05, 3.63) is 29.3 Å². The molecule has 2 N–H and O–H groups in total. The lowest BCUT2D eigenvalue weighted by Crippen LogP contribution is -2.08. The van der Waals surface area contributed by atoms with Crippen LogP contribution in [-0.2, 0) is 6.54 Å². The van der Waals surface area contributed by atoms with Gasteiger partial charge in [-0.3, -0.25) is 0 Å². The van der Waals surface area contributed by atoms with Crippen LogP contribution in [0.1, 0.15) is 5.56 Å². The highest BCUT2D eigenvalue weighted by Crippen LogP contribution is 2.23. The third-order valence-corrected chi connectivity index (χ3v) is 2.31. The normalized spacial score (nSPS) is 10.5. The second-order valence-corrected chi connectivity index (χ2v) is 3.26. The van der Waals surface area contributed by atoms with Crippen molar-refractivity contribution in [1.29, 1.82) is 0 Å². The fraction of sp³-hybridized carbons (Fsp3) is 0.250. The molecule has 0 unspecified atom stereocenters. The average molecular weight is 205 g/mol. The number of hydrogen-bond acceptors (Lipinski definition) is 3. The van der Waals surface area contributed by atoms with Crippen molar-refractivity contribution in [1.82, 2.24) is 5.48 Å². The van der Waals surface area contributed by atoms with Crippen molar-refractivity contribution in [3.63, 3.8) is 0 Å². The summed E-state index contributed by atoms with van der Waals surface area (Å²) in [5.74, 6) is -0.994. The minimum atomic E-state index is -0.504. The maximum Gasteiger partial charge on any atom is 0.141 e. The zero-order valence-corrected chi connectivity index (χ0v) is 7.79. The average Bonchev–Trinajstić information content (AvgIpc) is 2.11. The Hall–Kier alpha value is -0.650. The summed E-state index contributed by atoms with van der Waals surface area (Å²) in [4.78, 5) is 0.241. The molecule has 0 saturated heterocycles. The van der Waals surface area contributed by atoms with Crippen molar-refractivity contribution in [2.45, 2.75) is 11.4 Å². The first-order chi connectivity index (χ1) is 6.19. The Kier molecular flexibility index (Phi) is 3.65. The van der Waals surface area contributed by atoms with Crippen LogP contribution < -0.4 is 5.48 Å². The van der Waals surface area contributed by atoms with Crippen LogP contribution in [0.5, 0.6) is 0 Å². The Morgan fingerprint density at radius 3 is 2.69 bits per heavy atom. The molecule has 1 aromatic carbocycles.